The lowest BCUT2D eigenvalue weighted by atomic mass is 10.1. The molecule has 0 saturated carbocycles. The molecule has 4 amide bonds. The molecule has 0 unspecified atom stereocenters. The van der Waals surface area contributed by atoms with Gasteiger partial charge in [0.05, 0.1) is 26.2 Å². The molecule has 1 atom stereocenters. The van der Waals surface area contributed by atoms with Crippen molar-refractivity contribution in [2.75, 3.05) is 32.7 Å². The van der Waals surface area contributed by atoms with Crippen LogP contribution in [0.2, 0.25) is 0 Å². The summed E-state index contributed by atoms with van der Waals surface area (Å²) in [6.07, 6.45) is 9.16. The standard InChI is InChI=1S/C18H30N4O3/c1-2-3-4-8-12-22-17(24)15(16(23)20-18(22)25)14-19-9-13-21-10-6-5-7-11-21/h14-15H,2-13H2,1H3,(H,20,23,25)/p+1/t15-/m0/s1. The summed E-state index contributed by atoms with van der Waals surface area (Å²) in [5.41, 5.74) is 0. The molecule has 2 rings (SSSR count). The number of barbiturate groups is 1. The van der Waals surface area contributed by atoms with E-state index < -0.39 is 23.8 Å². The van der Waals surface area contributed by atoms with Crippen LogP contribution in [0, 0.1) is 5.92 Å². The summed E-state index contributed by atoms with van der Waals surface area (Å²) in [7, 11) is 0. The molecule has 25 heavy (non-hydrogen) atoms. The van der Waals surface area contributed by atoms with E-state index in [2.05, 4.69) is 17.2 Å². The van der Waals surface area contributed by atoms with Crippen molar-refractivity contribution in [3.63, 3.8) is 0 Å². The first-order chi connectivity index (χ1) is 12.1. The Kier molecular flexibility index (Phi) is 8.04. The number of hydrogen-bond acceptors (Lipinski definition) is 4. The Labute approximate surface area is 149 Å². The third kappa shape index (κ3) is 5.92. The van der Waals surface area contributed by atoms with E-state index in [1.165, 1.54) is 43.5 Å². The van der Waals surface area contributed by atoms with Crippen molar-refractivity contribution in [2.24, 2.45) is 10.9 Å². The Morgan fingerprint density at radius 1 is 1.16 bits per heavy atom. The number of imide groups is 2. The smallest absolute Gasteiger partial charge is 0.330 e. The van der Waals surface area contributed by atoms with Crippen molar-refractivity contribution in [2.45, 2.75) is 51.9 Å². The zero-order chi connectivity index (χ0) is 18.1. The fourth-order valence-electron chi connectivity index (χ4n) is 3.38. The van der Waals surface area contributed by atoms with Crippen LogP contribution < -0.4 is 10.2 Å². The average Bonchev–Trinajstić information content (AvgIpc) is 2.61. The van der Waals surface area contributed by atoms with Crippen LogP contribution in [-0.4, -0.2) is 61.7 Å². The second-order valence-electron chi connectivity index (χ2n) is 6.94. The fraction of sp³-hybridized carbons (Fsp3) is 0.778. The first kappa shape index (κ1) is 19.6. The summed E-state index contributed by atoms with van der Waals surface area (Å²) < 4.78 is 0. The number of urea groups is 1. The van der Waals surface area contributed by atoms with Crippen molar-refractivity contribution in [3.05, 3.63) is 0 Å². The van der Waals surface area contributed by atoms with Crippen LogP contribution in [0.3, 0.4) is 0 Å². The topological polar surface area (TPSA) is 83.3 Å². The molecule has 2 saturated heterocycles. The van der Waals surface area contributed by atoms with E-state index in [9.17, 15) is 14.4 Å². The summed E-state index contributed by atoms with van der Waals surface area (Å²) in [5.74, 6) is -1.98. The molecule has 0 aliphatic carbocycles. The lowest BCUT2D eigenvalue weighted by molar-refractivity contribution is -0.903. The van der Waals surface area contributed by atoms with Gasteiger partial charge in [0.1, 0.15) is 0 Å². The number of amides is 4. The Balaban J connectivity index is 1.82. The minimum Gasteiger partial charge on any atom is -0.333 e. The maximum Gasteiger partial charge on any atom is 0.330 e. The molecule has 140 valence electrons. The molecule has 2 N–H and O–H groups in total. The second kappa shape index (κ2) is 10.3. The number of aliphatic imine (C=N–C) groups is 1. The van der Waals surface area contributed by atoms with Gasteiger partial charge >= 0.3 is 6.03 Å². The van der Waals surface area contributed by atoms with Gasteiger partial charge in [-0.15, -0.1) is 0 Å². The summed E-state index contributed by atoms with van der Waals surface area (Å²) in [6, 6.07) is -0.603. The Morgan fingerprint density at radius 2 is 1.92 bits per heavy atom. The molecule has 7 nitrogen and oxygen atoms in total. The molecular formula is C18H31N4O3+. The minimum absolute atomic E-state index is 0.361. The van der Waals surface area contributed by atoms with E-state index in [1.807, 2.05) is 0 Å². The van der Waals surface area contributed by atoms with Crippen LogP contribution in [0.5, 0.6) is 0 Å². The number of carbonyl (C=O) groups is 3. The van der Waals surface area contributed by atoms with Gasteiger partial charge in [-0.2, -0.15) is 0 Å². The van der Waals surface area contributed by atoms with Crippen molar-refractivity contribution >= 4 is 24.1 Å². The molecule has 0 spiro atoms. The Morgan fingerprint density at radius 3 is 2.64 bits per heavy atom. The van der Waals surface area contributed by atoms with Crippen LogP contribution in [0.25, 0.3) is 0 Å². The van der Waals surface area contributed by atoms with Gasteiger partial charge in [-0.1, -0.05) is 26.2 Å². The van der Waals surface area contributed by atoms with E-state index in [4.69, 9.17) is 0 Å². The van der Waals surface area contributed by atoms with E-state index in [1.54, 1.807) is 0 Å². The third-order valence-electron chi connectivity index (χ3n) is 4.93. The molecule has 2 heterocycles. The molecule has 2 fully saturated rings. The molecule has 0 radical (unpaired) electrons. The van der Waals surface area contributed by atoms with E-state index >= 15 is 0 Å². The third-order valence-corrected chi connectivity index (χ3v) is 4.93. The van der Waals surface area contributed by atoms with Gasteiger partial charge in [0.25, 0.3) is 0 Å². The number of carbonyl (C=O) groups excluding carboxylic acids is 3. The van der Waals surface area contributed by atoms with Gasteiger partial charge in [0.2, 0.25) is 11.8 Å². The van der Waals surface area contributed by atoms with Crippen molar-refractivity contribution in [1.29, 1.82) is 0 Å². The van der Waals surface area contributed by atoms with Gasteiger partial charge in [0.15, 0.2) is 5.92 Å². The molecule has 2 aliphatic heterocycles. The van der Waals surface area contributed by atoms with Crippen LogP contribution in [0.4, 0.5) is 4.79 Å². The molecule has 0 aromatic rings. The first-order valence-corrected chi connectivity index (χ1v) is 9.63. The highest BCUT2D eigenvalue weighted by atomic mass is 16.2. The number of nitrogens with one attached hydrogen (secondary N) is 2. The monoisotopic (exact) mass is 351 g/mol. The van der Waals surface area contributed by atoms with Crippen LogP contribution in [0.15, 0.2) is 4.99 Å². The maximum absolute atomic E-state index is 12.5. The molecule has 0 bridgehead atoms. The van der Waals surface area contributed by atoms with Crippen molar-refractivity contribution in [1.82, 2.24) is 10.2 Å². The number of unbranched alkanes of at least 4 members (excludes halogenated alkanes) is 3. The Bertz CT molecular complexity index is 501. The summed E-state index contributed by atoms with van der Waals surface area (Å²) in [6.45, 7) is 6.36. The van der Waals surface area contributed by atoms with Gasteiger partial charge in [0, 0.05) is 12.8 Å². The predicted octanol–water partition coefficient (Wildman–Crippen LogP) is 0.401. The number of rotatable bonds is 9. The van der Waals surface area contributed by atoms with Crippen LogP contribution in [-0.2, 0) is 9.59 Å². The maximum atomic E-state index is 12.5. The van der Waals surface area contributed by atoms with E-state index in [0.717, 1.165) is 37.1 Å². The fourth-order valence-corrected chi connectivity index (χ4v) is 3.38. The van der Waals surface area contributed by atoms with Gasteiger partial charge < -0.3 is 4.90 Å². The minimum atomic E-state index is -0.972. The molecule has 7 heteroatoms. The Hall–Kier alpha value is -1.76. The number of nitrogens with zero attached hydrogens (tertiary/aromatic N) is 2. The molecule has 0 aromatic carbocycles. The summed E-state index contributed by atoms with van der Waals surface area (Å²) in [5, 5.41) is 2.27. The SMILES string of the molecule is CCCCCCN1C(=O)NC(=O)[C@H](C=NCC[NH+]2CCCCC2)C1=O. The van der Waals surface area contributed by atoms with E-state index in [0.29, 0.717) is 13.1 Å². The zero-order valence-corrected chi connectivity index (χ0v) is 15.3. The van der Waals surface area contributed by atoms with Gasteiger partial charge in [-0.05, 0) is 25.7 Å². The number of quaternary nitrogens is 1. The first-order valence-electron chi connectivity index (χ1n) is 9.63. The average molecular weight is 351 g/mol. The predicted molar refractivity (Wildman–Crippen MR) is 95.7 cm³/mol. The normalized spacial score (nSPS) is 22.7. The highest BCUT2D eigenvalue weighted by molar-refractivity contribution is 6.23. The number of piperidine rings is 1. The van der Waals surface area contributed by atoms with E-state index in [-0.39, 0.29) is 0 Å². The van der Waals surface area contributed by atoms with Gasteiger partial charge in [-0.3, -0.25) is 24.8 Å². The lowest BCUT2D eigenvalue weighted by Gasteiger charge is -2.28. The van der Waals surface area contributed by atoms with Gasteiger partial charge in [-0.25, -0.2) is 4.79 Å². The van der Waals surface area contributed by atoms with Crippen molar-refractivity contribution in [3.8, 4) is 0 Å². The number of hydrogen-bond donors (Lipinski definition) is 2. The van der Waals surface area contributed by atoms with Crippen LogP contribution in [0.1, 0.15) is 51.9 Å². The van der Waals surface area contributed by atoms with Crippen molar-refractivity contribution < 1.29 is 19.3 Å². The lowest BCUT2D eigenvalue weighted by Crippen LogP contribution is -3.13. The molecule has 2 aliphatic rings. The quantitative estimate of drug-likeness (QED) is 0.358. The highest BCUT2D eigenvalue weighted by Gasteiger charge is 2.39. The van der Waals surface area contributed by atoms with Crippen LogP contribution >= 0.6 is 0 Å². The summed E-state index contributed by atoms with van der Waals surface area (Å²) in [4.78, 5) is 43.3. The largest absolute Gasteiger partial charge is 0.333 e. The molecular weight excluding hydrogens is 320 g/mol. The summed E-state index contributed by atoms with van der Waals surface area (Å²) >= 11 is 0. The second-order valence-corrected chi connectivity index (χ2v) is 6.94. The number of likely N-dealkylation sites (tertiary alicyclic amines) is 1. The zero-order valence-electron chi connectivity index (χ0n) is 15.3. The molecule has 0 aromatic heterocycles. The highest BCUT2D eigenvalue weighted by Crippen LogP contribution is 2.11.